The smallest absolute Gasteiger partial charge is 0.310 e. The number of aromatic nitrogens is 1. The van der Waals surface area contributed by atoms with Gasteiger partial charge in [0.15, 0.2) is 5.13 Å². The first-order chi connectivity index (χ1) is 14.0. The van der Waals surface area contributed by atoms with E-state index < -0.39 is 0 Å². The number of carbonyl (C=O) groups excluding carboxylic acids is 3. The van der Waals surface area contributed by atoms with Crippen LogP contribution in [-0.2, 0) is 32.0 Å². The van der Waals surface area contributed by atoms with E-state index in [1.165, 1.54) is 11.3 Å². The van der Waals surface area contributed by atoms with Gasteiger partial charge in [-0.2, -0.15) is 0 Å². The minimum absolute atomic E-state index is 0.0635. The van der Waals surface area contributed by atoms with Gasteiger partial charge >= 0.3 is 5.97 Å². The zero-order valence-electron chi connectivity index (χ0n) is 16.4. The van der Waals surface area contributed by atoms with Gasteiger partial charge in [-0.1, -0.05) is 30.3 Å². The summed E-state index contributed by atoms with van der Waals surface area (Å²) in [6.07, 6.45) is 1.96. The Kier molecular flexibility index (Phi) is 7.35. The Labute approximate surface area is 174 Å². The van der Waals surface area contributed by atoms with Crippen molar-refractivity contribution < 1.29 is 19.1 Å². The van der Waals surface area contributed by atoms with Crippen molar-refractivity contribution in [3.63, 3.8) is 0 Å². The predicted molar refractivity (Wildman–Crippen MR) is 111 cm³/mol. The molecule has 2 amide bonds. The van der Waals surface area contributed by atoms with Crippen LogP contribution in [0.3, 0.4) is 0 Å². The summed E-state index contributed by atoms with van der Waals surface area (Å²) in [5.74, 6) is -0.693. The predicted octanol–water partition coefficient (Wildman–Crippen LogP) is 2.67. The summed E-state index contributed by atoms with van der Waals surface area (Å²) >= 11 is 1.30. The number of piperidine rings is 1. The van der Waals surface area contributed by atoms with Crippen LogP contribution in [0.2, 0.25) is 0 Å². The van der Waals surface area contributed by atoms with Crippen LogP contribution in [-0.4, -0.2) is 47.4 Å². The van der Waals surface area contributed by atoms with Crippen LogP contribution in [0.15, 0.2) is 35.7 Å². The number of ether oxygens (including phenoxy) is 1. The number of amides is 2. The number of nitrogens with zero attached hydrogens (tertiary/aromatic N) is 2. The molecule has 1 unspecified atom stereocenters. The molecular formula is C21H25N3O4S. The van der Waals surface area contributed by atoms with Gasteiger partial charge in [-0.05, 0) is 25.3 Å². The maximum Gasteiger partial charge on any atom is 0.310 e. The van der Waals surface area contributed by atoms with Crippen LogP contribution < -0.4 is 5.32 Å². The van der Waals surface area contributed by atoms with Crippen molar-refractivity contribution in [1.82, 2.24) is 9.88 Å². The third-order valence-electron chi connectivity index (χ3n) is 4.73. The van der Waals surface area contributed by atoms with Crippen molar-refractivity contribution in [2.24, 2.45) is 5.92 Å². The molecule has 1 fully saturated rings. The number of likely N-dealkylation sites (tertiary alicyclic amines) is 1. The Morgan fingerprint density at radius 2 is 2.03 bits per heavy atom. The third-order valence-corrected chi connectivity index (χ3v) is 5.54. The van der Waals surface area contributed by atoms with Crippen LogP contribution in [0.25, 0.3) is 0 Å². The first kappa shape index (κ1) is 21.0. The van der Waals surface area contributed by atoms with Gasteiger partial charge in [0.1, 0.15) is 0 Å². The zero-order chi connectivity index (χ0) is 20.6. The fourth-order valence-electron chi connectivity index (χ4n) is 3.31. The molecule has 3 rings (SSSR count). The zero-order valence-corrected chi connectivity index (χ0v) is 17.2. The van der Waals surface area contributed by atoms with E-state index in [2.05, 4.69) is 10.3 Å². The molecule has 29 heavy (non-hydrogen) atoms. The molecule has 154 valence electrons. The highest BCUT2D eigenvalue weighted by atomic mass is 32.1. The molecule has 1 aliphatic heterocycles. The number of thiazole rings is 1. The Bertz CT molecular complexity index is 853. The summed E-state index contributed by atoms with van der Waals surface area (Å²) < 4.78 is 5.08. The molecular weight excluding hydrogens is 390 g/mol. The van der Waals surface area contributed by atoms with Gasteiger partial charge in [0.05, 0.1) is 31.1 Å². The second-order valence-electron chi connectivity index (χ2n) is 6.96. The van der Waals surface area contributed by atoms with Gasteiger partial charge in [0.25, 0.3) is 0 Å². The standard InChI is InChI=1S/C21H25N3O4S/c1-2-28-20(27)16-9-6-10-24(13-16)19(26)12-17-14-29-21(22-17)23-18(25)11-15-7-4-3-5-8-15/h3-5,7-8,14,16H,2,6,9-13H2,1H3,(H,22,23,25). The number of benzene rings is 1. The van der Waals surface area contributed by atoms with Gasteiger partial charge in [-0.15, -0.1) is 11.3 Å². The van der Waals surface area contributed by atoms with E-state index in [1.54, 1.807) is 17.2 Å². The molecule has 0 bridgehead atoms. The van der Waals surface area contributed by atoms with E-state index in [9.17, 15) is 14.4 Å². The van der Waals surface area contributed by atoms with Crippen molar-refractivity contribution in [1.29, 1.82) is 0 Å². The van der Waals surface area contributed by atoms with E-state index in [1.807, 2.05) is 30.3 Å². The van der Waals surface area contributed by atoms with E-state index >= 15 is 0 Å². The maximum atomic E-state index is 12.6. The van der Waals surface area contributed by atoms with Crippen LogP contribution in [0, 0.1) is 5.92 Å². The van der Waals surface area contributed by atoms with Crippen molar-refractivity contribution in [2.45, 2.75) is 32.6 Å². The van der Waals surface area contributed by atoms with Crippen LogP contribution >= 0.6 is 11.3 Å². The van der Waals surface area contributed by atoms with Crippen LogP contribution in [0.1, 0.15) is 31.0 Å². The van der Waals surface area contributed by atoms with Crippen LogP contribution in [0.5, 0.6) is 0 Å². The average Bonchev–Trinajstić information content (AvgIpc) is 3.15. The minimum atomic E-state index is -0.254. The Hall–Kier alpha value is -2.74. The van der Waals surface area contributed by atoms with Crippen molar-refractivity contribution in [3.05, 3.63) is 47.0 Å². The first-order valence-electron chi connectivity index (χ1n) is 9.77. The summed E-state index contributed by atoms with van der Waals surface area (Å²) in [5, 5.41) is 5.05. The van der Waals surface area contributed by atoms with Gasteiger partial charge in [-0.3, -0.25) is 14.4 Å². The normalized spacial score (nSPS) is 16.3. The Morgan fingerprint density at radius 3 is 2.79 bits per heavy atom. The van der Waals surface area contributed by atoms with Gasteiger partial charge in [0.2, 0.25) is 11.8 Å². The molecule has 1 saturated heterocycles. The molecule has 1 N–H and O–H groups in total. The highest BCUT2D eigenvalue weighted by Crippen LogP contribution is 2.21. The fourth-order valence-corrected chi connectivity index (χ4v) is 4.04. The number of anilines is 1. The minimum Gasteiger partial charge on any atom is -0.466 e. The molecule has 7 nitrogen and oxygen atoms in total. The molecule has 0 aliphatic carbocycles. The molecule has 1 aromatic heterocycles. The average molecular weight is 416 g/mol. The fraction of sp³-hybridized carbons (Fsp3) is 0.429. The van der Waals surface area contributed by atoms with Gasteiger partial charge < -0.3 is 15.0 Å². The molecule has 1 aliphatic rings. The molecule has 2 aromatic rings. The van der Waals surface area contributed by atoms with Crippen LogP contribution in [0.4, 0.5) is 5.13 Å². The van der Waals surface area contributed by atoms with Gasteiger partial charge in [0, 0.05) is 18.5 Å². The van der Waals surface area contributed by atoms with E-state index in [0.29, 0.717) is 30.5 Å². The summed E-state index contributed by atoms with van der Waals surface area (Å²) in [5.41, 5.74) is 1.55. The van der Waals surface area contributed by atoms with Gasteiger partial charge in [-0.25, -0.2) is 4.98 Å². The lowest BCUT2D eigenvalue weighted by Gasteiger charge is -2.31. The maximum absolute atomic E-state index is 12.6. The lowest BCUT2D eigenvalue weighted by molar-refractivity contribution is -0.151. The molecule has 1 atom stereocenters. The number of hydrogen-bond donors (Lipinski definition) is 1. The monoisotopic (exact) mass is 415 g/mol. The van der Waals surface area contributed by atoms with Crippen molar-refractivity contribution >= 4 is 34.3 Å². The summed E-state index contributed by atoms with van der Waals surface area (Å²) in [4.78, 5) is 42.8. The Morgan fingerprint density at radius 1 is 1.24 bits per heavy atom. The molecule has 1 aromatic carbocycles. The number of carbonyl (C=O) groups is 3. The van der Waals surface area contributed by atoms with Crippen molar-refractivity contribution in [2.75, 3.05) is 25.0 Å². The second kappa shape index (κ2) is 10.2. The largest absolute Gasteiger partial charge is 0.466 e. The second-order valence-corrected chi connectivity index (χ2v) is 7.82. The summed E-state index contributed by atoms with van der Waals surface area (Å²) in [6, 6.07) is 9.48. The molecule has 8 heteroatoms. The number of nitrogens with one attached hydrogen (secondary N) is 1. The third kappa shape index (κ3) is 6.12. The molecule has 0 saturated carbocycles. The van der Waals surface area contributed by atoms with Crippen molar-refractivity contribution in [3.8, 4) is 0 Å². The lowest BCUT2D eigenvalue weighted by atomic mass is 9.98. The molecule has 0 radical (unpaired) electrons. The number of esters is 1. The molecule has 2 heterocycles. The lowest BCUT2D eigenvalue weighted by Crippen LogP contribution is -2.43. The van der Waals surface area contributed by atoms with E-state index in [-0.39, 0.29) is 36.5 Å². The van der Waals surface area contributed by atoms with E-state index in [0.717, 1.165) is 18.4 Å². The highest BCUT2D eigenvalue weighted by Gasteiger charge is 2.29. The Balaban J connectivity index is 1.50. The number of hydrogen-bond acceptors (Lipinski definition) is 6. The quantitative estimate of drug-likeness (QED) is 0.703. The van der Waals surface area contributed by atoms with E-state index in [4.69, 9.17) is 4.74 Å². The molecule has 0 spiro atoms. The number of rotatable bonds is 7. The first-order valence-corrected chi connectivity index (χ1v) is 10.7. The highest BCUT2D eigenvalue weighted by molar-refractivity contribution is 7.13. The summed E-state index contributed by atoms with van der Waals surface area (Å²) in [7, 11) is 0. The summed E-state index contributed by atoms with van der Waals surface area (Å²) in [6.45, 7) is 3.16. The topological polar surface area (TPSA) is 88.6 Å². The SMILES string of the molecule is CCOC(=O)C1CCCN(C(=O)Cc2csc(NC(=O)Cc3ccccc3)n2)C1.